The third kappa shape index (κ3) is 4.07. The predicted molar refractivity (Wildman–Crippen MR) is 123 cm³/mol. The summed E-state index contributed by atoms with van der Waals surface area (Å²) in [7, 11) is 0. The van der Waals surface area contributed by atoms with E-state index in [2.05, 4.69) is 0 Å². The number of esters is 1. The number of halogens is 4. The van der Waals surface area contributed by atoms with Crippen LogP contribution in [0.5, 0.6) is 0 Å². The van der Waals surface area contributed by atoms with Crippen LogP contribution in [-0.4, -0.2) is 22.8 Å². The number of fused-ring (bicyclic) bond motifs is 1. The first kappa shape index (κ1) is 23.6. The molecule has 0 aliphatic carbocycles. The lowest BCUT2D eigenvalue weighted by Crippen LogP contribution is -2.16. The van der Waals surface area contributed by atoms with Crippen molar-refractivity contribution in [2.75, 3.05) is 6.61 Å². The highest BCUT2D eigenvalue weighted by Crippen LogP contribution is 2.39. The van der Waals surface area contributed by atoms with Crippen molar-refractivity contribution >= 4 is 28.9 Å². The first-order valence-electron chi connectivity index (χ1n) is 10.4. The van der Waals surface area contributed by atoms with Crippen molar-refractivity contribution in [3.05, 3.63) is 99.8 Å². The molecule has 0 aliphatic heterocycles. The molecular formula is C26H19ClF3NO3. The summed E-state index contributed by atoms with van der Waals surface area (Å²) in [5.41, 5.74) is 1.26. The van der Waals surface area contributed by atoms with Gasteiger partial charge in [-0.25, -0.2) is 4.79 Å². The van der Waals surface area contributed by atoms with E-state index in [4.69, 9.17) is 16.3 Å². The number of hydrogen-bond donors (Lipinski definition) is 0. The monoisotopic (exact) mass is 485 g/mol. The van der Waals surface area contributed by atoms with E-state index in [0.29, 0.717) is 27.8 Å². The van der Waals surface area contributed by atoms with Crippen molar-refractivity contribution in [2.24, 2.45) is 0 Å². The molecule has 8 heteroatoms. The number of ketones is 1. The van der Waals surface area contributed by atoms with E-state index in [1.54, 1.807) is 66.9 Å². The van der Waals surface area contributed by atoms with Crippen LogP contribution in [0.25, 0.3) is 16.6 Å². The molecule has 0 saturated carbocycles. The molecule has 34 heavy (non-hydrogen) atoms. The molecule has 4 nitrogen and oxygen atoms in total. The Hall–Kier alpha value is -3.58. The van der Waals surface area contributed by atoms with Crippen molar-refractivity contribution in [3.8, 4) is 11.1 Å². The summed E-state index contributed by atoms with van der Waals surface area (Å²) >= 11 is 6.11. The van der Waals surface area contributed by atoms with Gasteiger partial charge in [-0.1, -0.05) is 35.9 Å². The second-order valence-electron chi connectivity index (χ2n) is 7.59. The van der Waals surface area contributed by atoms with Gasteiger partial charge in [0.2, 0.25) is 5.78 Å². The first-order chi connectivity index (χ1) is 16.1. The summed E-state index contributed by atoms with van der Waals surface area (Å²) in [5.74, 6) is -1.28. The minimum atomic E-state index is -4.75. The first-order valence-corrected chi connectivity index (χ1v) is 10.8. The Balaban J connectivity index is 1.91. The van der Waals surface area contributed by atoms with Gasteiger partial charge in [0.1, 0.15) is 0 Å². The number of aromatic nitrogens is 1. The third-order valence-corrected chi connectivity index (χ3v) is 5.85. The van der Waals surface area contributed by atoms with E-state index in [1.807, 2.05) is 0 Å². The Morgan fingerprint density at radius 3 is 2.35 bits per heavy atom. The van der Waals surface area contributed by atoms with E-state index in [0.717, 1.165) is 6.07 Å². The van der Waals surface area contributed by atoms with Crippen LogP contribution in [0.15, 0.2) is 66.9 Å². The zero-order chi connectivity index (χ0) is 24.6. The number of hydrogen-bond acceptors (Lipinski definition) is 3. The molecule has 0 fully saturated rings. The molecule has 0 spiro atoms. The van der Waals surface area contributed by atoms with Crippen LogP contribution in [0.4, 0.5) is 13.2 Å². The lowest BCUT2D eigenvalue weighted by atomic mass is 9.96. The van der Waals surface area contributed by atoms with Crippen molar-refractivity contribution in [3.63, 3.8) is 0 Å². The number of benzene rings is 2. The highest BCUT2D eigenvalue weighted by Gasteiger charge is 2.37. The summed E-state index contributed by atoms with van der Waals surface area (Å²) in [6, 6.07) is 15.2. The molecule has 174 valence electrons. The standard InChI is InChI=1S/C26H19ClF3NO3/c1-3-34-25(33)17-12-10-16(11-13-17)21-15(2)23(31-14-5-4-9-20(21)31)24(32)22-18(26(28,29)30)7-6-8-19(22)27/h4-14H,3H2,1-2H3. The molecule has 4 rings (SSSR count). The molecule has 2 heterocycles. The summed E-state index contributed by atoms with van der Waals surface area (Å²) in [6.07, 6.45) is -3.13. The van der Waals surface area contributed by atoms with Gasteiger partial charge in [-0.3, -0.25) is 4.79 Å². The van der Waals surface area contributed by atoms with Crippen LogP contribution >= 0.6 is 11.6 Å². The molecular weight excluding hydrogens is 467 g/mol. The SMILES string of the molecule is CCOC(=O)c1ccc(-c2c(C)c(C(=O)c3c(Cl)cccc3C(F)(F)F)n3ccccc23)cc1. The van der Waals surface area contributed by atoms with Crippen LogP contribution in [0.1, 0.15) is 44.5 Å². The van der Waals surface area contributed by atoms with Crippen LogP contribution in [-0.2, 0) is 10.9 Å². The fraction of sp³-hybridized carbons (Fsp3) is 0.154. The zero-order valence-corrected chi connectivity index (χ0v) is 19.0. The number of pyridine rings is 1. The van der Waals surface area contributed by atoms with E-state index in [9.17, 15) is 22.8 Å². The zero-order valence-electron chi connectivity index (χ0n) is 18.2. The van der Waals surface area contributed by atoms with Crippen molar-refractivity contribution in [2.45, 2.75) is 20.0 Å². The fourth-order valence-electron chi connectivity index (χ4n) is 4.07. The Kier molecular flexibility index (Phi) is 6.23. The molecule has 2 aromatic heterocycles. The molecule has 0 unspecified atom stereocenters. The maximum atomic E-state index is 13.7. The van der Waals surface area contributed by atoms with Crippen LogP contribution in [0.2, 0.25) is 5.02 Å². The van der Waals surface area contributed by atoms with Crippen LogP contribution < -0.4 is 0 Å². The summed E-state index contributed by atoms with van der Waals surface area (Å²) in [5, 5.41) is -0.273. The van der Waals surface area contributed by atoms with Gasteiger partial charge in [0.25, 0.3) is 0 Å². The molecule has 0 aliphatic rings. The van der Waals surface area contributed by atoms with Crippen molar-refractivity contribution in [1.82, 2.24) is 4.40 Å². The normalized spacial score (nSPS) is 11.6. The van der Waals surface area contributed by atoms with Crippen molar-refractivity contribution < 1.29 is 27.5 Å². The van der Waals surface area contributed by atoms with Gasteiger partial charge in [-0.2, -0.15) is 13.2 Å². The second kappa shape index (κ2) is 8.99. The van der Waals surface area contributed by atoms with Gasteiger partial charge < -0.3 is 9.14 Å². The quantitative estimate of drug-likeness (QED) is 0.226. The maximum Gasteiger partial charge on any atom is 0.417 e. The molecule has 2 aromatic carbocycles. The van der Waals surface area contributed by atoms with Crippen molar-refractivity contribution in [1.29, 1.82) is 0 Å². The Bertz CT molecular complexity index is 1410. The topological polar surface area (TPSA) is 47.8 Å². The number of nitrogens with zero attached hydrogens (tertiary/aromatic N) is 1. The summed E-state index contributed by atoms with van der Waals surface area (Å²) in [4.78, 5) is 25.6. The molecule has 0 N–H and O–H groups in total. The highest BCUT2D eigenvalue weighted by molar-refractivity contribution is 6.35. The fourth-order valence-corrected chi connectivity index (χ4v) is 4.33. The van der Waals surface area contributed by atoms with Crippen LogP contribution in [0.3, 0.4) is 0 Å². The van der Waals surface area contributed by atoms with E-state index in [-0.39, 0.29) is 17.3 Å². The maximum absolute atomic E-state index is 13.7. The number of ether oxygens (including phenoxy) is 1. The number of alkyl halides is 3. The number of rotatable bonds is 5. The van der Waals surface area contributed by atoms with Gasteiger partial charge in [0.05, 0.1) is 39.5 Å². The minimum Gasteiger partial charge on any atom is -0.462 e. The summed E-state index contributed by atoms with van der Waals surface area (Å²) < 4.78 is 47.6. The van der Waals surface area contributed by atoms with E-state index < -0.39 is 29.1 Å². The molecule has 0 bridgehead atoms. The number of carbonyl (C=O) groups excluding carboxylic acids is 2. The van der Waals surface area contributed by atoms with Gasteiger partial charge in [0, 0.05) is 11.8 Å². The molecule has 0 amide bonds. The molecule has 0 atom stereocenters. The van der Waals surface area contributed by atoms with Gasteiger partial charge in [0.15, 0.2) is 0 Å². The minimum absolute atomic E-state index is 0.0821. The van der Waals surface area contributed by atoms with Gasteiger partial charge in [-0.15, -0.1) is 0 Å². The average Bonchev–Trinajstić information content (AvgIpc) is 3.10. The molecule has 4 aromatic rings. The highest BCUT2D eigenvalue weighted by atomic mass is 35.5. The summed E-state index contributed by atoms with van der Waals surface area (Å²) in [6.45, 7) is 3.64. The molecule has 0 radical (unpaired) electrons. The van der Waals surface area contributed by atoms with E-state index >= 15 is 0 Å². The number of carbonyl (C=O) groups is 2. The second-order valence-corrected chi connectivity index (χ2v) is 8.00. The van der Waals surface area contributed by atoms with Gasteiger partial charge >= 0.3 is 12.1 Å². The Labute approximate surface area is 198 Å². The Morgan fingerprint density at radius 2 is 1.71 bits per heavy atom. The lowest BCUT2D eigenvalue weighted by Gasteiger charge is -2.14. The largest absolute Gasteiger partial charge is 0.462 e. The van der Waals surface area contributed by atoms with Crippen LogP contribution in [0, 0.1) is 6.92 Å². The Morgan fingerprint density at radius 1 is 1.00 bits per heavy atom. The predicted octanol–water partition coefficient (Wildman–Crippen LogP) is 6.99. The average molecular weight is 486 g/mol. The van der Waals surface area contributed by atoms with E-state index in [1.165, 1.54) is 12.1 Å². The smallest absolute Gasteiger partial charge is 0.417 e. The lowest BCUT2D eigenvalue weighted by molar-refractivity contribution is -0.137. The van der Waals surface area contributed by atoms with Gasteiger partial charge in [-0.05, 0) is 61.4 Å². The molecule has 0 saturated heterocycles. The third-order valence-electron chi connectivity index (χ3n) is 5.53.